The molecule has 0 unspecified atom stereocenters. The van der Waals surface area contributed by atoms with Crippen molar-refractivity contribution in [1.82, 2.24) is 20.4 Å². The molecule has 0 aromatic heterocycles. The lowest BCUT2D eigenvalue weighted by Gasteiger charge is -2.53. The number of imide groups is 1. The molecule has 0 radical (unpaired) electrons. The fourth-order valence-electron chi connectivity index (χ4n) is 4.69. The molecular weight excluding hydrogens is 444 g/mol. The highest BCUT2D eigenvalue weighted by molar-refractivity contribution is 6.03. The van der Waals surface area contributed by atoms with Crippen molar-refractivity contribution >= 4 is 17.8 Å². The summed E-state index contributed by atoms with van der Waals surface area (Å²) in [6, 6.07) is 7.37. The smallest absolute Gasteiger partial charge is 0.326 e. The Kier molecular flexibility index (Phi) is 11.2. The third-order valence-electron chi connectivity index (χ3n) is 7.20. The van der Waals surface area contributed by atoms with E-state index in [1.54, 1.807) is 0 Å². The number of amides is 4. The quantitative estimate of drug-likeness (QED) is 0.386. The molecule has 35 heavy (non-hydrogen) atoms. The van der Waals surface area contributed by atoms with Gasteiger partial charge >= 0.3 is 6.03 Å². The first-order chi connectivity index (χ1) is 16.8. The van der Waals surface area contributed by atoms with Crippen molar-refractivity contribution in [3.8, 4) is 0 Å². The second-order valence-corrected chi connectivity index (χ2v) is 9.28. The number of rotatable bonds is 14. The van der Waals surface area contributed by atoms with Crippen LogP contribution < -0.4 is 10.6 Å². The molecule has 8 nitrogen and oxygen atoms in total. The summed E-state index contributed by atoms with van der Waals surface area (Å²) < 4.78 is 5.93. The Balaban J connectivity index is 2.06. The zero-order valence-electron chi connectivity index (χ0n) is 22.4. The number of β-lactam (4-membered cyclic amide) rings is 1. The normalized spacial score (nSPS) is 17.7. The van der Waals surface area contributed by atoms with Gasteiger partial charge in [-0.2, -0.15) is 0 Å². The number of carbonyl (C=O) groups is 3. The highest BCUT2D eigenvalue weighted by Gasteiger charge is 2.62. The molecule has 0 saturated carbocycles. The van der Waals surface area contributed by atoms with Crippen LogP contribution in [0.3, 0.4) is 0 Å². The van der Waals surface area contributed by atoms with Gasteiger partial charge in [0.15, 0.2) is 6.23 Å². The van der Waals surface area contributed by atoms with E-state index in [0.29, 0.717) is 19.4 Å². The van der Waals surface area contributed by atoms with Crippen molar-refractivity contribution < 1.29 is 19.1 Å². The summed E-state index contributed by atoms with van der Waals surface area (Å²) in [5.74, 6) is -0.493. The van der Waals surface area contributed by atoms with E-state index in [2.05, 4.69) is 36.3 Å². The summed E-state index contributed by atoms with van der Waals surface area (Å²) >= 11 is 0. The number of nitrogens with one attached hydrogen (secondary N) is 2. The van der Waals surface area contributed by atoms with E-state index < -0.39 is 17.7 Å². The van der Waals surface area contributed by atoms with Crippen molar-refractivity contribution in [3.63, 3.8) is 0 Å². The largest absolute Gasteiger partial charge is 0.353 e. The average molecular weight is 489 g/mol. The minimum Gasteiger partial charge on any atom is -0.353 e. The number of urea groups is 1. The number of carbonyl (C=O) groups excluding carboxylic acids is 3. The Morgan fingerprint density at radius 3 is 2.26 bits per heavy atom. The van der Waals surface area contributed by atoms with E-state index in [1.165, 1.54) is 0 Å². The Hall–Kier alpha value is -2.45. The van der Waals surface area contributed by atoms with Gasteiger partial charge in [0.25, 0.3) is 0 Å². The van der Waals surface area contributed by atoms with Crippen LogP contribution in [0.5, 0.6) is 0 Å². The van der Waals surface area contributed by atoms with Crippen LogP contribution in [0, 0.1) is 12.3 Å². The number of ether oxygens (including phenoxy) is 1. The molecule has 1 aliphatic rings. The Morgan fingerprint density at radius 2 is 1.71 bits per heavy atom. The number of likely N-dealkylation sites (N-methyl/N-ethyl adjacent to an activating group) is 1. The summed E-state index contributed by atoms with van der Waals surface area (Å²) in [5, 5.41) is 5.90. The first kappa shape index (κ1) is 28.8. The third kappa shape index (κ3) is 6.82. The molecule has 1 fully saturated rings. The number of nitrogens with zero attached hydrogens (tertiary/aromatic N) is 2. The topological polar surface area (TPSA) is 91.0 Å². The maximum Gasteiger partial charge on any atom is 0.326 e. The Labute approximate surface area is 210 Å². The van der Waals surface area contributed by atoms with Crippen LogP contribution in [0.15, 0.2) is 24.3 Å². The van der Waals surface area contributed by atoms with Gasteiger partial charge in [0.05, 0.1) is 11.5 Å². The molecule has 0 bridgehead atoms. The van der Waals surface area contributed by atoms with Crippen molar-refractivity contribution in [1.29, 1.82) is 0 Å². The first-order valence-corrected chi connectivity index (χ1v) is 13.1. The lowest BCUT2D eigenvalue weighted by Crippen LogP contribution is -2.72. The van der Waals surface area contributed by atoms with E-state index in [1.807, 2.05) is 45.0 Å². The molecule has 2 rings (SSSR count). The molecule has 8 heteroatoms. The van der Waals surface area contributed by atoms with Crippen molar-refractivity contribution in [2.75, 3.05) is 32.8 Å². The molecule has 196 valence electrons. The monoisotopic (exact) mass is 488 g/mol. The van der Waals surface area contributed by atoms with Crippen LogP contribution in [-0.2, 0) is 14.3 Å². The molecule has 0 spiro atoms. The lowest BCUT2D eigenvalue weighted by molar-refractivity contribution is -0.210. The molecule has 1 aromatic rings. The SMILES string of the molecule is CCC[C@@H](NC(=O)N1C(=O)C(CC)(CC)[C@@H]1OCC(=O)NCCN(CC)CC)c1ccc(C)cc1. The fourth-order valence-corrected chi connectivity index (χ4v) is 4.69. The lowest BCUT2D eigenvalue weighted by atomic mass is 9.72. The van der Waals surface area contributed by atoms with Gasteiger partial charge in [-0.15, -0.1) is 0 Å². The van der Waals surface area contributed by atoms with Gasteiger partial charge < -0.3 is 20.3 Å². The van der Waals surface area contributed by atoms with Crippen molar-refractivity contribution in [3.05, 3.63) is 35.4 Å². The fraction of sp³-hybridized carbons (Fsp3) is 0.667. The van der Waals surface area contributed by atoms with E-state index in [0.717, 1.165) is 48.5 Å². The number of benzene rings is 1. The van der Waals surface area contributed by atoms with E-state index in [-0.39, 0.29) is 24.5 Å². The zero-order chi connectivity index (χ0) is 26.0. The van der Waals surface area contributed by atoms with Crippen LogP contribution >= 0.6 is 0 Å². The van der Waals surface area contributed by atoms with Crippen LogP contribution in [0.25, 0.3) is 0 Å². The molecule has 1 saturated heterocycles. The van der Waals surface area contributed by atoms with Gasteiger partial charge in [0, 0.05) is 13.1 Å². The van der Waals surface area contributed by atoms with Crippen molar-refractivity contribution in [2.45, 2.75) is 79.5 Å². The van der Waals surface area contributed by atoms with Gasteiger partial charge in [0.1, 0.15) is 6.61 Å². The maximum atomic E-state index is 13.3. The van der Waals surface area contributed by atoms with Gasteiger partial charge in [-0.25, -0.2) is 9.69 Å². The van der Waals surface area contributed by atoms with Crippen LogP contribution in [-0.4, -0.2) is 66.7 Å². The van der Waals surface area contributed by atoms with Gasteiger partial charge in [-0.1, -0.05) is 70.9 Å². The molecule has 1 aromatic carbocycles. The van der Waals surface area contributed by atoms with Gasteiger partial charge in [-0.3, -0.25) is 9.59 Å². The highest BCUT2D eigenvalue weighted by atomic mass is 16.5. The second-order valence-electron chi connectivity index (χ2n) is 9.28. The van der Waals surface area contributed by atoms with Crippen LogP contribution in [0.1, 0.15) is 77.5 Å². The molecule has 1 heterocycles. The summed E-state index contributed by atoms with van der Waals surface area (Å²) in [6.07, 6.45) is 1.95. The number of likely N-dealkylation sites (tertiary alicyclic amines) is 1. The second kappa shape index (κ2) is 13.6. The summed E-state index contributed by atoms with van der Waals surface area (Å²) in [5.41, 5.74) is 1.36. The van der Waals surface area contributed by atoms with Crippen LogP contribution in [0.4, 0.5) is 4.79 Å². The highest BCUT2D eigenvalue weighted by Crippen LogP contribution is 2.46. The molecule has 2 atom stereocenters. The number of hydrogen-bond donors (Lipinski definition) is 2. The molecule has 1 aliphatic heterocycles. The summed E-state index contributed by atoms with van der Waals surface area (Å²) in [6.45, 7) is 15.0. The summed E-state index contributed by atoms with van der Waals surface area (Å²) in [4.78, 5) is 42.2. The minimum atomic E-state index is -0.789. The van der Waals surface area contributed by atoms with E-state index in [9.17, 15) is 14.4 Å². The molecule has 0 aliphatic carbocycles. The predicted molar refractivity (Wildman–Crippen MR) is 138 cm³/mol. The third-order valence-corrected chi connectivity index (χ3v) is 7.20. The Bertz CT molecular complexity index is 834. The number of aryl methyl sites for hydroxylation is 1. The standard InChI is InChI=1S/C27H44N4O4/c1-7-12-22(21-15-13-20(6)14-16-21)29-26(34)31-24(33)27(8-2,9-3)25(31)35-19-23(32)28-17-18-30(10-4)11-5/h13-16,22,25H,7-12,17-19H2,1-6H3,(H,28,32)(H,29,34)/t22-,25+/m1/s1. The average Bonchev–Trinajstić information content (AvgIpc) is 2.85. The van der Waals surface area contributed by atoms with Gasteiger partial charge in [-0.05, 0) is 44.8 Å². The molecular formula is C27H44N4O4. The predicted octanol–water partition coefficient (Wildman–Crippen LogP) is 4.00. The van der Waals surface area contributed by atoms with Crippen molar-refractivity contribution in [2.24, 2.45) is 5.41 Å². The van der Waals surface area contributed by atoms with E-state index >= 15 is 0 Å². The maximum absolute atomic E-state index is 13.3. The van der Waals surface area contributed by atoms with E-state index in [4.69, 9.17) is 4.74 Å². The zero-order valence-corrected chi connectivity index (χ0v) is 22.4. The van der Waals surface area contributed by atoms with Gasteiger partial charge in [0.2, 0.25) is 11.8 Å². The molecule has 2 N–H and O–H groups in total. The number of hydrogen-bond acceptors (Lipinski definition) is 5. The summed E-state index contributed by atoms with van der Waals surface area (Å²) in [7, 11) is 0. The first-order valence-electron chi connectivity index (χ1n) is 13.1. The Morgan fingerprint density at radius 1 is 1.09 bits per heavy atom. The minimum absolute atomic E-state index is 0.196. The van der Waals surface area contributed by atoms with Crippen LogP contribution in [0.2, 0.25) is 0 Å². The molecule has 4 amide bonds.